The van der Waals surface area contributed by atoms with E-state index in [-0.39, 0.29) is 60.6 Å². The molecule has 4 aromatic rings. The number of hydrogen-bond acceptors (Lipinski definition) is 12. The van der Waals surface area contributed by atoms with Crippen molar-refractivity contribution in [2.45, 2.75) is 148 Å². The topological polar surface area (TPSA) is 273 Å². The van der Waals surface area contributed by atoms with Crippen molar-refractivity contribution in [1.82, 2.24) is 51.1 Å². The summed E-state index contributed by atoms with van der Waals surface area (Å²) in [6.07, 6.45) is 3.95. The minimum absolute atomic E-state index is 0.00939. The van der Waals surface area contributed by atoms with Crippen molar-refractivity contribution >= 4 is 55.5 Å². The highest BCUT2D eigenvalue weighted by molar-refractivity contribution is 7.89. The Balaban J connectivity index is 1.03. The van der Waals surface area contributed by atoms with Gasteiger partial charge in [-0.15, -0.1) is 0 Å². The van der Waals surface area contributed by atoms with Crippen molar-refractivity contribution in [1.29, 1.82) is 0 Å². The number of hydrogen-bond donors (Lipinski definition) is 8. The van der Waals surface area contributed by atoms with Crippen LogP contribution in [0.4, 0.5) is 0 Å². The van der Waals surface area contributed by atoms with Crippen LogP contribution in [0.2, 0.25) is 0 Å². The molecular formula is C60H72N10O10S2. The van der Waals surface area contributed by atoms with Crippen LogP contribution >= 0.6 is 0 Å². The van der Waals surface area contributed by atoms with Gasteiger partial charge in [0.15, 0.2) is 0 Å². The van der Waals surface area contributed by atoms with Gasteiger partial charge in [-0.1, -0.05) is 96.8 Å². The summed E-state index contributed by atoms with van der Waals surface area (Å²) in [6, 6.07) is 22.2. The number of likely N-dealkylation sites (N-methyl/N-ethyl adjacent to an activating group) is 2. The fourth-order valence-corrected chi connectivity index (χ4v) is 13.5. The predicted molar refractivity (Wildman–Crippen MR) is 308 cm³/mol. The summed E-state index contributed by atoms with van der Waals surface area (Å²) < 4.78 is 59.8. The maximum absolute atomic E-state index is 14.9. The van der Waals surface area contributed by atoms with E-state index in [0.29, 0.717) is 12.8 Å². The van der Waals surface area contributed by atoms with Crippen molar-refractivity contribution in [3.05, 3.63) is 131 Å². The molecule has 22 heteroatoms. The maximum Gasteiger partial charge on any atom is 0.246 e. The van der Waals surface area contributed by atoms with Crippen LogP contribution in [0.1, 0.15) is 99.6 Å². The van der Waals surface area contributed by atoms with Crippen molar-refractivity contribution < 1.29 is 45.6 Å². The van der Waals surface area contributed by atoms with E-state index >= 15 is 0 Å². The Kier molecular flexibility index (Phi) is 20.4. The number of carbonyl (C=O) groups is 6. The van der Waals surface area contributed by atoms with Crippen LogP contribution in [0.15, 0.2) is 119 Å². The summed E-state index contributed by atoms with van der Waals surface area (Å²) in [6.45, 7) is 2.79. The van der Waals surface area contributed by atoms with Gasteiger partial charge in [0.1, 0.15) is 24.2 Å². The molecule has 4 aromatic carbocycles. The van der Waals surface area contributed by atoms with E-state index in [9.17, 15) is 45.6 Å². The third kappa shape index (κ3) is 15.0. The highest BCUT2D eigenvalue weighted by Crippen LogP contribution is 2.33. The first kappa shape index (κ1) is 60.7. The smallest absolute Gasteiger partial charge is 0.246 e. The zero-order valence-electron chi connectivity index (χ0n) is 46.4. The number of benzene rings is 4. The molecule has 10 atom stereocenters. The summed E-state index contributed by atoms with van der Waals surface area (Å²) in [4.78, 5) is 88.1. The first-order chi connectivity index (χ1) is 39.4. The normalized spacial score (nSPS) is 21.8. The largest absolute Gasteiger partial charge is 0.347 e. The molecule has 2 aliphatic carbocycles. The van der Waals surface area contributed by atoms with Gasteiger partial charge in [-0.05, 0) is 138 Å². The number of nitrogens with one attached hydrogen (secondary N) is 8. The van der Waals surface area contributed by atoms with Gasteiger partial charge in [0.25, 0.3) is 0 Å². The van der Waals surface area contributed by atoms with Crippen LogP contribution in [0, 0.1) is 23.7 Å². The van der Waals surface area contributed by atoms with E-state index in [1.165, 1.54) is 34.1 Å². The van der Waals surface area contributed by atoms with Gasteiger partial charge < -0.3 is 41.7 Å². The summed E-state index contributed by atoms with van der Waals surface area (Å²) >= 11 is 0. The van der Waals surface area contributed by atoms with Crippen LogP contribution < -0.4 is 41.3 Å². The molecule has 1 unspecified atom stereocenters. The summed E-state index contributed by atoms with van der Waals surface area (Å²) in [5.41, 5.74) is 4.14. The predicted octanol–water partition coefficient (Wildman–Crippen LogP) is 2.24. The number of carbonyl (C=O) groups excluding carboxylic acids is 6. The third-order valence-electron chi connectivity index (χ3n) is 15.6. The highest BCUT2D eigenvalue weighted by atomic mass is 32.2. The monoisotopic (exact) mass is 1160 g/mol. The zero-order valence-corrected chi connectivity index (χ0v) is 48.1. The molecule has 8 rings (SSSR count). The van der Waals surface area contributed by atoms with Crippen molar-refractivity contribution in [3.63, 3.8) is 0 Å². The lowest BCUT2D eigenvalue weighted by Gasteiger charge is -2.31. The quantitative estimate of drug-likeness (QED) is 0.0593. The van der Waals surface area contributed by atoms with E-state index in [1.54, 1.807) is 64.3 Å². The second-order valence-corrected chi connectivity index (χ2v) is 24.6. The number of fused-ring (bicyclic) bond motifs is 2. The van der Waals surface area contributed by atoms with Crippen LogP contribution in [-0.2, 0) is 61.7 Å². The van der Waals surface area contributed by atoms with Crippen LogP contribution in [-0.4, -0.2) is 138 Å². The van der Waals surface area contributed by atoms with E-state index in [4.69, 9.17) is 0 Å². The lowest BCUT2D eigenvalue weighted by molar-refractivity contribution is -0.141. The number of sulfonamides is 2. The lowest BCUT2D eigenvalue weighted by Crippen LogP contribution is -2.55. The number of nitrogens with zero attached hydrogens (tertiary/aromatic N) is 2. The second-order valence-electron chi connectivity index (χ2n) is 21.2. The molecule has 2 aliphatic heterocycles. The summed E-state index contributed by atoms with van der Waals surface area (Å²) in [5, 5.41) is 17.5. The van der Waals surface area contributed by atoms with E-state index in [2.05, 4.69) is 65.0 Å². The van der Waals surface area contributed by atoms with Crippen molar-refractivity contribution in [3.8, 4) is 23.7 Å². The molecule has 0 bridgehead atoms. The molecule has 20 nitrogen and oxygen atoms in total. The number of likely N-dealkylation sites (tertiary alicyclic amines) is 2. The molecule has 6 amide bonds. The van der Waals surface area contributed by atoms with E-state index < -0.39 is 104 Å². The first-order valence-corrected chi connectivity index (χ1v) is 30.8. The molecule has 0 radical (unpaired) electrons. The Hall–Kier alpha value is -7.44. The van der Waals surface area contributed by atoms with Crippen LogP contribution in [0.25, 0.3) is 0 Å². The van der Waals surface area contributed by atoms with Crippen LogP contribution in [0.3, 0.4) is 0 Å². The third-order valence-corrected chi connectivity index (χ3v) is 18.7. The Morgan fingerprint density at radius 3 is 1.28 bits per heavy atom. The van der Waals surface area contributed by atoms with Gasteiger partial charge >= 0.3 is 0 Å². The minimum atomic E-state index is -4.08. The Morgan fingerprint density at radius 2 is 0.902 bits per heavy atom. The van der Waals surface area contributed by atoms with Gasteiger partial charge in [0, 0.05) is 38.0 Å². The lowest BCUT2D eigenvalue weighted by atomic mass is 9.87. The zero-order chi connectivity index (χ0) is 58.6. The fraction of sp³-hybridized carbons (Fsp3) is 0.433. The Morgan fingerprint density at radius 1 is 0.537 bits per heavy atom. The Bertz CT molecular complexity index is 3130. The molecule has 2 saturated heterocycles. The molecule has 0 spiro atoms. The molecule has 434 valence electrons. The summed E-state index contributed by atoms with van der Waals surface area (Å²) in [5.74, 6) is 7.68. The standard InChI is InChI=1S/C60H72N10O10S2/c1-39(61-3)55(71)65-51(59(75)69-37-43(67-81(77,78)45-25-9-7-10-26-45)35-53(69)57(73)63-49-33-19-23-41-21-15-17-29-47(41)49)31-13-5-6-14-32-52(66-56(72)40(2)62-4)60(76)70-38-44(68-82(79,80)46-27-11-8-12-28-46)36-54(70)58(74)64-50-34-20-24-42-22-16-18-30-48(42)50/h7-12,15-18,21-22,25-30,39-40,43-44,49-54,61-62,67-68H,19-20,23-24,31-38H2,1-4H3,(H,63,73)(H,64,74)(H,65,71)(H,66,72)/t39-,40-,43-,44-,49+,50?,51-,52-,53-,54-/m0/s1. The SMILES string of the molecule is CN[C@@H](C)C(=O)N[C@@H](CC#CC#CC[C@H](NC(=O)[C@H](C)NC)C(=O)N1C[C@@H](NS(=O)(=O)c2ccccc2)C[C@H]1C(=O)N[C@@H]1CCCc2ccccc21)C(=O)N1C[C@@H](NS(=O)(=O)c2ccccc2)C[C@H]1C(=O)NC1CCCc2ccccc21. The van der Waals surface area contributed by atoms with Gasteiger partial charge in [-0.25, -0.2) is 26.3 Å². The average Bonchev–Trinajstić information content (AvgIpc) is 4.32. The highest BCUT2D eigenvalue weighted by Gasteiger charge is 2.46. The molecule has 8 N–H and O–H groups in total. The van der Waals surface area contributed by atoms with E-state index in [1.807, 2.05) is 48.5 Å². The number of aryl methyl sites for hydroxylation is 2. The molecule has 2 fully saturated rings. The van der Waals surface area contributed by atoms with E-state index in [0.717, 1.165) is 47.9 Å². The fourth-order valence-electron chi connectivity index (χ4n) is 11.0. The second kappa shape index (κ2) is 27.6. The molecule has 82 heavy (non-hydrogen) atoms. The number of amides is 6. The molecule has 0 aromatic heterocycles. The Labute approximate surface area is 480 Å². The molecular weight excluding hydrogens is 1080 g/mol. The van der Waals surface area contributed by atoms with Gasteiger partial charge in [0.05, 0.1) is 34.0 Å². The first-order valence-electron chi connectivity index (χ1n) is 27.8. The van der Waals surface area contributed by atoms with Gasteiger partial charge in [0.2, 0.25) is 55.5 Å². The maximum atomic E-state index is 14.9. The van der Waals surface area contributed by atoms with Gasteiger partial charge in [-0.2, -0.15) is 0 Å². The minimum Gasteiger partial charge on any atom is -0.347 e. The summed E-state index contributed by atoms with van der Waals surface area (Å²) in [7, 11) is -5.02. The number of rotatable bonds is 20. The van der Waals surface area contributed by atoms with Crippen molar-refractivity contribution in [2.75, 3.05) is 27.2 Å². The van der Waals surface area contributed by atoms with Gasteiger partial charge in [-0.3, -0.25) is 28.8 Å². The van der Waals surface area contributed by atoms with Crippen LogP contribution in [0.5, 0.6) is 0 Å². The molecule has 0 saturated carbocycles. The molecule has 2 heterocycles. The van der Waals surface area contributed by atoms with Crippen molar-refractivity contribution in [2.24, 2.45) is 0 Å². The molecule has 4 aliphatic rings. The average molecular weight is 1160 g/mol.